The molecule has 2 fully saturated rings. The summed E-state index contributed by atoms with van der Waals surface area (Å²) in [7, 11) is 1.78. The van der Waals surface area contributed by atoms with Crippen LogP contribution in [0, 0.1) is 11.8 Å². The maximum atomic E-state index is 12.6. The number of ether oxygens (including phenoxy) is 1. The first kappa shape index (κ1) is 15.7. The molecule has 3 N–H and O–H groups in total. The molecule has 5 heteroatoms. The van der Waals surface area contributed by atoms with E-state index in [4.69, 9.17) is 10.5 Å². The van der Waals surface area contributed by atoms with E-state index >= 15 is 0 Å². The average Bonchev–Trinajstić information content (AvgIpc) is 2.41. The van der Waals surface area contributed by atoms with Crippen molar-refractivity contribution in [3.05, 3.63) is 0 Å². The molecule has 116 valence electrons. The molecule has 3 unspecified atom stereocenters. The van der Waals surface area contributed by atoms with Gasteiger partial charge in [0.2, 0.25) is 5.91 Å². The van der Waals surface area contributed by atoms with E-state index in [0.717, 1.165) is 19.3 Å². The predicted molar refractivity (Wildman–Crippen MR) is 77.1 cm³/mol. The monoisotopic (exact) mass is 284 g/mol. The highest BCUT2D eigenvalue weighted by molar-refractivity contribution is 5.79. The van der Waals surface area contributed by atoms with E-state index in [1.54, 1.807) is 11.9 Å². The number of carbonyl (C=O) groups is 1. The number of aliphatic hydroxyl groups is 1. The van der Waals surface area contributed by atoms with Crippen molar-refractivity contribution in [3.63, 3.8) is 0 Å². The highest BCUT2D eigenvalue weighted by Gasteiger charge is 2.37. The Kier molecular flexibility index (Phi) is 5.04. The van der Waals surface area contributed by atoms with Gasteiger partial charge in [-0.15, -0.1) is 0 Å². The molecule has 3 atom stereocenters. The Morgan fingerprint density at radius 2 is 2.05 bits per heavy atom. The summed E-state index contributed by atoms with van der Waals surface area (Å²) in [4.78, 5) is 14.2. The average molecular weight is 284 g/mol. The summed E-state index contributed by atoms with van der Waals surface area (Å²) in [5.74, 6) is 0.555. The molecule has 20 heavy (non-hydrogen) atoms. The molecule has 1 aliphatic heterocycles. The van der Waals surface area contributed by atoms with Crippen molar-refractivity contribution in [3.8, 4) is 0 Å². The molecule has 0 aromatic carbocycles. The Balaban J connectivity index is 1.93. The molecule has 1 amide bonds. The van der Waals surface area contributed by atoms with E-state index in [9.17, 15) is 9.90 Å². The molecule has 1 heterocycles. The molecular formula is C15H28N2O3. The van der Waals surface area contributed by atoms with Crippen LogP contribution in [0.5, 0.6) is 0 Å². The second-order valence-electron chi connectivity index (χ2n) is 6.72. The van der Waals surface area contributed by atoms with E-state index in [0.29, 0.717) is 38.5 Å². The molecule has 1 saturated heterocycles. The third-order valence-electron chi connectivity index (χ3n) is 4.81. The number of nitrogens with two attached hydrogens (primary N) is 1. The number of hydrogen-bond acceptors (Lipinski definition) is 4. The van der Waals surface area contributed by atoms with Crippen LogP contribution in [0.3, 0.4) is 0 Å². The van der Waals surface area contributed by atoms with Crippen molar-refractivity contribution >= 4 is 5.91 Å². The Morgan fingerprint density at radius 3 is 2.70 bits per heavy atom. The van der Waals surface area contributed by atoms with Gasteiger partial charge in [0.15, 0.2) is 0 Å². The lowest BCUT2D eigenvalue weighted by molar-refractivity contribution is -0.142. The number of rotatable bonds is 3. The highest BCUT2D eigenvalue weighted by Crippen LogP contribution is 2.30. The SMILES string of the molecule is CC1CCC(N)C(C(=O)N(C)CC2(O)CCOCC2)C1. The molecule has 0 bridgehead atoms. The minimum Gasteiger partial charge on any atom is -0.388 e. The van der Waals surface area contributed by atoms with Crippen LogP contribution < -0.4 is 5.73 Å². The topological polar surface area (TPSA) is 75.8 Å². The second kappa shape index (κ2) is 6.41. The van der Waals surface area contributed by atoms with Crippen LogP contribution in [0.25, 0.3) is 0 Å². The molecule has 5 nitrogen and oxygen atoms in total. The normalized spacial score (nSPS) is 33.7. The van der Waals surface area contributed by atoms with E-state index in [1.807, 2.05) is 0 Å². The van der Waals surface area contributed by atoms with Crippen LogP contribution in [0.15, 0.2) is 0 Å². The van der Waals surface area contributed by atoms with Crippen molar-refractivity contribution in [1.82, 2.24) is 4.90 Å². The minimum atomic E-state index is -0.799. The zero-order valence-corrected chi connectivity index (χ0v) is 12.7. The van der Waals surface area contributed by atoms with Gasteiger partial charge >= 0.3 is 0 Å². The minimum absolute atomic E-state index is 0.0366. The summed E-state index contributed by atoms with van der Waals surface area (Å²) in [5.41, 5.74) is 5.32. The summed E-state index contributed by atoms with van der Waals surface area (Å²) in [5, 5.41) is 10.5. The van der Waals surface area contributed by atoms with Crippen molar-refractivity contribution in [1.29, 1.82) is 0 Å². The van der Waals surface area contributed by atoms with Gasteiger partial charge in [-0.1, -0.05) is 6.92 Å². The van der Waals surface area contributed by atoms with Gasteiger partial charge in [-0.05, 0) is 25.2 Å². The number of carbonyl (C=O) groups excluding carboxylic acids is 1. The van der Waals surface area contributed by atoms with Crippen molar-refractivity contribution in [2.45, 2.75) is 50.7 Å². The fourth-order valence-corrected chi connectivity index (χ4v) is 3.40. The van der Waals surface area contributed by atoms with Gasteiger partial charge in [0, 0.05) is 45.7 Å². The van der Waals surface area contributed by atoms with Crippen LogP contribution in [0.1, 0.15) is 39.0 Å². The fraction of sp³-hybridized carbons (Fsp3) is 0.933. The first-order valence-electron chi connectivity index (χ1n) is 7.72. The zero-order valence-electron chi connectivity index (χ0n) is 12.7. The molecule has 0 spiro atoms. The van der Waals surface area contributed by atoms with Gasteiger partial charge in [0.1, 0.15) is 0 Å². The molecule has 1 aliphatic carbocycles. The summed E-state index contributed by atoms with van der Waals surface area (Å²) in [6.45, 7) is 3.70. The Labute approximate surface area is 121 Å². The standard InChI is InChI=1S/C15H28N2O3/c1-11-3-4-13(16)12(9-11)14(18)17(2)10-15(19)5-7-20-8-6-15/h11-13,19H,3-10,16H2,1-2H3. The molecular weight excluding hydrogens is 256 g/mol. The lowest BCUT2D eigenvalue weighted by Gasteiger charge is -2.38. The summed E-state index contributed by atoms with van der Waals surface area (Å²) < 4.78 is 5.27. The van der Waals surface area contributed by atoms with Crippen LogP contribution in [0.2, 0.25) is 0 Å². The third-order valence-corrected chi connectivity index (χ3v) is 4.81. The Bertz CT molecular complexity index is 342. The van der Waals surface area contributed by atoms with Crippen LogP contribution in [-0.2, 0) is 9.53 Å². The second-order valence-corrected chi connectivity index (χ2v) is 6.72. The molecule has 1 saturated carbocycles. The van der Waals surface area contributed by atoms with Crippen LogP contribution in [0.4, 0.5) is 0 Å². The third kappa shape index (κ3) is 3.71. The number of nitrogens with zero attached hydrogens (tertiary/aromatic N) is 1. The maximum absolute atomic E-state index is 12.6. The molecule has 2 rings (SSSR count). The maximum Gasteiger partial charge on any atom is 0.227 e. The van der Waals surface area contributed by atoms with E-state index in [2.05, 4.69) is 6.92 Å². The van der Waals surface area contributed by atoms with Crippen molar-refractivity contribution in [2.75, 3.05) is 26.8 Å². The van der Waals surface area contributed by atoms with Crippen LogP contribution in [-0.4, -0.2) is 54.4 Å². The van der Waals surface area contributed by atoms with E-state index in [1.165, 1.54) is 0 Å². The van der Waals surface area contributed by atoms with E-state index < -0.39 is 5.60 Å². The van der Waals surface area contributed by atoms with E-state index in [-0.39, 0.29) is 17.9 Å². The smallest absolute Gasteiger partial charge is 0.227 e. The Morgan fingerprint density at radius 1 is 1.40 bits per heavy atom. The van der Waals surface area contributed by atoms with Crippen molar-refractivity contribution in [2.24, 2.45) is 17.6 Å². The number of amides is 1. The molecule has 2 aliphatic rings. The quantitative estimate of drug-likeness (QED) is 0.802. The summed E-state index contributed by atoms with van der Waals surface area (Å²) in [6.07, 6.45) is 4.08. The molecule has 0 aromatic rings. The lowest BCUT2D eigenvalue weighted by Crippen LogP contribution is -2.51. The van der Waals surface area contributed by atoms with Crippen LogP contribution >= 0.6 is 0 Å². The van der Waals surface area contributed by atoms with Gasteiger partial charge in [-0.25, -0.2) is 0 Å². The number of likely N-dealkylation sites (N-methyl/N-ethyl adjacent to an activating group) is 1. The number of hydrogen-bond donors (Lipinski definition) is 2. The van der Waals surface area contributed by atoms with Gasteiger partial charge in [-0.2, -0.15) is 0 Å². The van der Waals surface area contributed by atoms with Gasteiger partial charge < -0.3 is 20.5 Å². The van der Waals surface area contributed by atoms with Crippen molar-refractivity contribution < 1.29 is 14.6 Å². The largest absolute Gasteiger partial charge is 0.388 e. The summed E-state index contributed by atoms with van der Waals surface area (Å²) in [6, 6.07) is -0.0366. The highest BCUT2D eigenvalue weighted by atomic mass is 16.5. The van der Waals surface area contributed by atoms with Gasteiger partial charge in [-0.3, -0.25) is 4.79 Å². The zero-order chi connectivity index (χ0) is 14.8. The fourth-order valence-electron chi connectivity index (χ4n) is 3.40. The Hall–Kier alpha value is -0.650. The first-order valence-corrected chi connectivity index (χ1v) is 7.72. The molecule has 0 radical (unpaired) electrons. The first-order chi connectivity index (χ1) is 9.41. The summed E-state index contributed by atoms with van der Waals surface area (Å²) >= 11 is 0. The predicted octanol–water partition coefficient (Wildman–Crippen LogP) is 0.750. The lowest BCUT2D eigenvalue weighted by atomic mass is 9.78. The molecule has 0 aromatic heterocycles. The van der Waals surface area contributed by atoms with Gasteiger partial charge in [0.25, 0.3) is 0 Å². The van der Waals surface area contributed by atoms with Gasteiger partial charge in [0.05, 0.1) is 11.5 Å².